The summed E-state index contributed by atoms with van der Waals surface area (Å²) >= 11 is 6.51. The Bertz CT molecular complexity index is 1210. The first-order chi connectivity index (χ1) is 14.3. The van der Waals surface area contributed by atoms with Crippen LogP contribution in [0.15, 0.2) is 65.8 Å². The number of hydrogen-bond donors (Lipinski definition) is 1. The van der Waals surface area contributed by atoms with E-state index in [1.807, 2.05) is 48.5 Å². The largest absolute Gasteiger partial charge is 0.365 e. The van der Waals surface area contributed by atoms with Gasteiger partial charge in [-0.3, -0.25) is 4.79 Å². The number of carbonyl (C=O) groups is 1. The van der Waals surface area contributed by atoms with Crippen molar-refractivity contribution in [3.63, 3.8) is 0 Å². The summed E-state index contributed by atoms with van der Waals surface area (Å²) < 4.78 is 0. The molecule has 0 aliphatic carbocycles. The van der Waals surface area contributed by atoms with Crippen LogP contribution in [0.25, 0.3) is 16.3 Å². The van der Waals surface area contributed by atoms with Crippen molar-refractivity contribution in [2.45, 2.75) is 26.3 Å². The third-order valence-corrected chi connectivity index (χ3v) is 6.04. The van der Waals surface area contributed by atoms with Crippen molar-refractivity contribution in [2.75, 3.05) is 11.9 Å². The van der Waals surface area contributed by atoms with Gasteiger partial charge >= 0.3 is 0 Å². The van der Waals surface area contributed by atoms with E-state index in [1.165, 1.54) is 5.57 Å². The van der Waals surface area contributed by atoms with Gasteiger partial charge in [0.2, 0.25) is 0 Å². The minimum atomic E-state index is -0.261. The Hall–Kier alpha value is -3.11. The summed E-state index contributed by atoms with van der Waals surface area (Å²) in [5.41, 5.74) is 7.23. The van der Waals surface area contributed by atoms with Gasteiger partial charge in [0.25, 0.3) is 5.91 Å². The second kappa shape index (κ2) is 7.62. The van der Waals surface area contributed by atoms with Crippen LogP contribution in [0.3, 0.4) is 0 Å². The van der Waals surface area contributed by atoms with Crippen molar-refractivity contribution < 1.29 is 4.79 Å². The molecule has 152 valence electrons. The molecule has 3 aromatic rings. The van der Waals surface area contributed by atoms with E-state index >= 15 is 0 Å². The van der Waals surface area contributed by atoms with Crippen LogP contribution in [-0.4, -0.2) is 24.7 Å². The topological polar surface area (TPSA) is 44.7 Å². The monoisotopic (exact) mass is 417 g/mol. The van der Waals surface area contributed by atoms with Crippen LogP contribution in [-0.2, 0) is 0 Å². The summed E-state index contributed by atoms with van der Waals surface area (Å²) in [6.45, 7) is 6.44. The third kappa shape index (κ3) is 3.71. The van der Waals surface area contributed by atoms with Crippen LogP contribution < -0.4 is 10.3 Å². The highest BCUT2D eigenvalue weighted by Gasteiger charge is 2.29. The van der Waals surface area contributed by atoms with Gasteiger partial charge in [-0.25, -0.2) is 5.43 Å². The van der Waals surface area contributed by atoms with E-state index in [-0.39, 0.29) is 11.4 Å². The molecule has 0 atom stereocenters. The van der Waals surface area contributed by atoms with Crippen LogP contribution in [0, 0.1) is 0 Å². The van der Waals surface area contributed by atoms with Crippen LogP contribution in [0.1, 0.15) is 42.3 Å². The first-order valence-electron chi connectivity index (χ1n) is 9.86. The second-order valence-corrected chi connectivity index (χ2v) is 8.60. The molecule has 30 heavy (non-hydrogen) atoms. The normalized spacial score (nSPS) is 15.2. The van der Waals surface area contributed by atoms with Gasteiger partial charge in [-0.1, -0.05) is 48.0 Å². The van der Waals surface area contributed by atoms with Gasteiger partial charge in [0.05, 0.1) is 16.8 Å². The maximum Gasteiger partial charge on any atom is 0.271 e. The first-order valence-corrected chi connectivity index (χ1v) is 10.2. The summed E-state index contributed by atoms with van der Waals surface area (Å²) in [6.07, 6.45) is 3.83. The van der Waals surface area contributed by atoms with Crippen molar-refractivity contribution in [1.29, 1.82) is 0 Å². The molecular weight excluding hydrogens is 394 g/mol. The second-order valence-electron chi connectivity index (χ2n) is 8.19. The van der Waals surface area contributed by atoms with E-state index in [4.69, 9.17) is 11.6 Å². The molecule has 1 heterocycles. The third-order valence-electron chi connectivity index (χ3n) is 5.72. The number of anilines is 1. The number of likely N-dealkylation sites (N-methyl/N-ethyl adjacent to an activating group) is 1. The number of hydrogen-bond acceptors (Lipinski definition) is 3. The number of allylic oxidation sites excluding steroid dienone is 1. The lowest BCUT2D eigenvalue weighted by Crippen LogP contribution is -2.42. The minimum Gasteiger partial charge on any atom is -0.365 e. The first kappa shape index (κ1) is 20.2. The smallest absolute Gasteiger partial charge is 0.271 e. The predicted octanol–water partition coefficient (Wildman–Crippen LogP) is 5.89. The van der Waals surface area contributed by atoms with E-state index in [9.17, 15) is 4.79 Å². The number of nitrogens with zero attached hydrogens (tertiary/aromatic N) is 2. The van der Waals surface area contributed by atoms with Gasteiger partial charge in [-0.05, 0) is 61.4 Å². The van der Waals surface area contributed by atoms with E-state index in [1.54, 1.807) is 12.3 Å². The van der Waals surface area contributed by atoms with Gasteiger partial charge < -0.3 is 4.90 Å². The van der Waals surface area contributed by atoms with Crippen LogP contribution >= 0.6 is 11.6 Å². The molecule has 0 fully saturated rings. The van der Waals surface area contributed by atoms with Crippen LogP contribution in [0.2, 0.25) is 5.02 Å². The van der Waals surface area contributed by atoms with Crippen LogP contribution in [0.5, 0.6) is 0 Å². The number of halogens is 1. The molecular formula is C25H24ClN3O. The zero-order chi connectivity index (χ0) is 21.5. The lowest BCUT2D eigenvalue weighted by molar-refractivity contribution is 0.0955. The molecule has 0 aromatic heterocycles. The molecule has 1 aliphatic heterocycles. The van der Waals surface area contributed by atoms with E-state index in [0.29, 0.717) is 10.6 Å². The summed E-state index contributed by atoms with van der Waals surface area (Å²) in [5, 5.41) is 6.84. The number of fused-ring (bicyclic) bond motifs is 2. The highest BCUT2D eigenvalue weighted by molar-refractivity contribution is 6.33. The Morgan fingerprint density at radius 1 is 1.10 bits per heavy atom. The van der Waals surface area contributed by atoms with Gasteiger partial charge in [-0.2, -0.15) is 5.10 Å². The molecule has 0 bridgehead atoms. The van der Waals surface area contributed by atoms with E-state index in [2.05, 4.69) is 49.3 Å². The lowest BCUT2D eigenvalue weighted by atomic mass is 9.88. The van der Waals surface area contributed by atoms with Gasteiger partial charge in [0.15, 0.2) is 0 Å². The fraction of sp³-hybridized carbons (Fsp3) is 0.200. The zero-order valence-corrected chi connectivity index (χ0v) is 18.3. The Morgan fingerprint density at radius 3 is 2.60 bits per heavy atom. The number of benzene rings is 3. The molecule has 4 nitrogen and oxygen atoms in total. The van der Waals surface area contributed by atoms with Crippen molar-refractivity contribution in [3.05, 3.63) is 82.4 Å². The molecule has 5 heteroatoms. The Labute approximate surface area is 181 Å². The lowest BCUT2D eigenvalue weighted by Gasteiger charge is -2.40. The standard InChI is InChI=1S/C25H24ClN3O/c1-16-14-25(2,3)29(4)23-13-22(26)20(12-21(16)23)15-27-28-24(30)19-10-9-17-7-5-6-8-18(17)11-19/h5-15H,1-4H3,(H,28,30)/b27-15+. The average Bonchev–Trinajstić information content (AvgIpc) is 2.72. The summed E-state index contributed by atoms with van der Waals surface area (Å²) in [4.78, 5) is 14.7. The summed E-state index contributed by atoms with van der Waals surface area (Å²) in [7, 11) is 2.07. The molecule has 0 saturated carbocycles. The number of carbonyl (C=O) groups excluding carboxylic acids is 1. The molecule has 1 aliphatic rings. The Kier molecular flexibility index (Phi) is 5.12. The molecule has 1 amide bonds. The fourth-order valence-electron chi connectivity index (χ4n) is 3.84. The average molecular weight is 418 g/mol. The van der Waals surface area contributed by atoms with Crippen molar-refractivity contribution >= 4 is 45.8 Å². The van der Waals surface area contributed by atoms with Crippen molar-refractivity contribution in [1.82, 2.24) is 5.43 Å². The van der Waals surface area contributed by atoms with E-state index in [0.717, 1.165) is 27.6 Å². The highest BCUT2D eigenvalue weighted by atomic mass is 35.5. The molecule has 1 N–H and O–H groups in total. The highest BCUT2D eigenvalue weighted by Crippen LogP contribution is 2.40. The zero-order valence-electron chi connectivity index (χ0n) is 17.5. The molecule has 3 aromatic carbocycles. The maximum absolute atomic E-state index is 12.5. The van der Waals surface area contributed by atoms with Gasteiger partial charge in [-0.15, -0.1) is 0 Å². The van der Waals surface area contributed by atoms with Crippen molar-refractivity contribution in [3.8, 4) is 0 Å². The number of rotatable bonds is 3. The molecule has 0 spiro atoms. The molecule has 0 radical (unpaired) electrons. The van der Waals surface area contributed by atoms with E-state index < -0.39 is 0 Å². The predicted molar refractivity (Wildman–Crippen MR) is 127 cm³/mol. The van der Waals surface area contributed by atoms with Crippen LogP contribution in [0.4, 0.5) is 5.69 Å². The summed E-state index contributed by atoms with van der Waals surface area (Å²) in [6, 6.07) is 17.5. The Balaban J connectivity index is 1.55. The SMILES string of the molecule is CC1=CC(C)(C)N(C)c2cc(Cl)c(/C=N/NC(=O)c3ccc4ccccc4c3)cc21. The van der Waals surface area contributed by atoms with Gasteiger partial charge in [0.1, 0.15) is 0 Å². The fourth-order valence-corrected chi connectivity index (χ4v) is 4.05. The maximum atomic E-state index is 12.5. The molecule has 4 rings (SSSR count). The minimum absolute atomic E-state index is 0.0795. The van der Waals surface area contributed by atoms with Gasteiger partial charge in [0, 0.05) is 29.4 Å². The van der Waals surface area contributed by atoms with Crippen molar-refractivity contribution in [2.24, 2.45) is 5.10 Å². The Morgan fingerprint density at radius 2 is 1.83 bits per heavy atom. The number of amides is 1. The molecule has 0 unspecified atom stereocenters. The number of hydrazone groups is 1. The quantitative estimate of drug-likeness (QED) is 0.426. The summed E-state index contributed by atoms with van der Waals surface area (Å²) in [5.74, 6) is -0.261. The number of nitrogens with one attached hydrogen (secondary N) is 1. The molecule has 0 saturated heterocycles.